The first-order valence-electron chi connectivity index (χ1n) is 15.2. The summed E-state index contributed by atoms with van der Waals surface area (Å²) in [6.07, 6.45) is 3.27. The van der Waals surface area contributed by atoms with Crippen molar-refractivity contribution in [1.29, 1.82) is 0 Å². The third-order valence-corrected chi connectivity index (χ3v) is 9.12. The predicted octanol–water partition coefficient (Wildman–Crippen LogP) is 4.11. The van der Waals surface area contributed by atoms with Crippen molar-refractivity contribution in [3.8, 4) is 6.01 Å². The van der Waals surface area contributed by atoms with E-state index < -0.39 is 11.7 Å². The molecular weight excluding hydrogens is 545 g/mol. The van der Waals surface area contributed by atoms with Crippen molar-refractivity contribution in [3.05, 3.63) is 53.2 Å². The minimum Gasteiger partial charge on any atom is -0.462 e. The van der Waals surface area contributed by atoms with Crippen molar-refractivity contribution in [2.24, 2.45) is 0 Å². The summed E-state index contributed by atoms with van der Waals surface area (Å²) in [5, 5.41) is 0. The van der Waals surface area contributed by atoms with Crippen LogP contribution in [0.4, 0.5) is 24.7 Å². The number of carbonyl (C=O) groups is 1. The lowest BCUT2D eigenvalue weighted by Crippen LogP contribution is -2.49. The van der Waals surface area contributed by atoms with Gasteiger partial charge in [-0.2, -0.15) is 23.1 Å². The molecule has 1 amide bonds. The van der Waals surface area contributed by atoms with Crippen molar-refractivity contribution in [3.63, 3.8) is 0 Å². The van der Waals surface area contributed by atoms with E-state index in [4.69, 9.17) is 14.7 Å². The number of benzene rings is 1. The van der Waals surface area contributed by atoms with Crippen LogP contribution in [0.15, 0.2) is 30.9 Å². The van der Waals surface area contributed by atoms with Crippen molar-refractivity contribution in [2.75, 3.05) is 68.8 Å². The molecule has 2 aromatic rings. The summed E-state index contributed by atoms with van der Waals surface area (Å²) in [4.78, 5) is 30.5. The van der Waals surface area contributed by atoms with Gasteiger partial charge in [0.25, 0.3) is 0 Å². The maximum absolute atomic E-state index is 13.6. The highest BCUT2D eigenvalue weighted by atomic mass is 19.4. The van der Waals surface area contributed by atoms with Gasteiger partial charge < -0.3 is 19.4 Å². The molecule has 4 heterocycles. The Kier molecular flexibility index (Phi) is 8.29. The first kappa shape index (κ1) is 28.8. The van der Waals surface area contributed by atoms with Crippen molar-refractivity contribution in [1.82, 2.24) is 19.8 Å². The van der Waals surface area contributed by atoms with Gasteiger partial charge in [-0.05, 0) is 75.4 Å². The molecule has 1 atom stereocenters. The maximum atomic E-state index is 13.6. The summed E-state index contributed by atoms with van der Waals surface area (Å²) in [7, 11) is 0. The van der Waals surface area contributed by atoms with Crippen LogP contribution < -0.4 is 14.5 Å². The van der Waals surface area contributed by atoms with E-state index >= 15 is 0 Å². The van der Waals surface area contributed by atoms with Gasteiger partial charge in [0.05, 0.1) is 11.3 Å². The number of hydrogen-bond donors (Lipinski definition) is 0. The second kappa shape index (κ2) is 12.1. The number of amides is 1. The Morgan fingerprint density at radius 3 is 2.55 bits per heavy atom. The number of aromatic nitrogens is 2. The first-order valence-corrected chi connectivity index (χ1v) is 15.2. The Balaban J connectivity index is 1.25. The molecule has 2 fully saturated rings. The molecule has 0 saturated carbocycles. The van der Waals surface area contributed by atoms with Crippen LogP contribution in [0.5, 0.6) is 6.01 Å². The molecule has 4 aliphatic rings. The number of alkyl halides is 3. The highest BCUT2D eigenvalue weighted by molar-refractivity contribution is 5.87. The van der Waals surface area contributed by atoms with Gasteiger partial charge in [-0.3, -0.25) is 9.69 Å². The number of aryl methyl sites for hydroxylation is 1. The normalized spacial score (nSPS) is 21.2. The number of nitrogens with zero attached hydrogens (tertiary/aromatic N) is 6. The summed E-state index contributed by atoms with van der Waals surface area (Å²) >= 11 is 0. The Morgan fingerprint density at radius 1 is 1.02 bits per heavy atom. The maximum Gasteiger partial charge on any atom is 0.416 e. The Bertz CT molecular complexity index is 1300. The number of hydrogen-bond acceptors (Lipinski definition) is 7. The zero-order valence-corrected chi connectivity index (χ0v) is 24.0. The molecule has 0 radical (unpaired) electrons. The van der Waals surface area contributed by atoms with Gasteiger partial charge in [0.1, 0.15) is 12.4 Å². The fraction of sp³-hybridized carbons (Fsp3) is 0.581. The number of rotatable bonds is 7. The Morgan fingerprint density at radius 2 is 1.81 bits per heavy atom. The largest absolute Gasteiger partial charge is 0.462 e. The summed E-state index contributed by atoms with van der Waals surface area (Å²) < 4.78 is 46.9. The lowest BCUT2D eigenvalue weighted by atomic mass is 9.88. The molecule has 0 spiro atoms. The first-order chi connectivity index (χ1) is 20.3. The van der Waals surface area contributed by atoms with Gasteiger partial charge in [-0.15, -0.1) is 0 Å². The van der Waals surface area contributed by atoms with E-state index in [0.29, 0.717) is 50.9 Å². The lowest BCUT2D eigenvalue weighted by Gasteiger charge is -2.41. The van der Waals surface area contributed by atoms with E-state index in [0.717, 1.165) is 74.5 Å². The van der Waals surface area contributed by atoms with Crippen LogP contribution in [0.25, 0.3) is 0 Å². The molecule has 42 heavy (non-hydrogen) atoms. The third-order valence-electron chi connectivity index (χ3n) is 9.12. The minimum absolute atomic E-state index is 0.0438. The van der Waals surface area contributed by atoms with E-state index in [1.807, 2.05) is 0 Å². The summed E-state index contributed by atoms with van der Waals surface area (Å²) in [5.41, 5.74) is 3.07. The minimum atomic E-state index is -4.37. The van der Waals surface area contributed by atoms with Crippen LogP contribution in [-0.4, -0.2) is 90.7 Å². The fourth-order valence-electron chi connectivity index (χ4n) is 6.85. The predicted molar refractivity (Wildman–Crippen MR) is 155 cm³/mol. The van der Waals surface area contributed by atoms with E-state index in [2.05, 4.69) is 21.3 Å². The highest BCUT2D eigenvalue weighted by Gasteiger charge is 2.35. The van der Waals surface area contributed by atoms with Gasteiger partial charge in [0.2, 0.25) is 5.91 Å². The summed E-state index contributed by atoms with van der Waals surface area (Å²) in [5.74, 6) is 0.794. The van der Waals surface area contributed by atoms with Crippen molar-refractivity contribution in [2.45, 2.75) is 57.2 Å². The summed E-state index contributed by atoms with van der Waals surface area (Å²) in [6, 6.07) is 4.57. The lowest BCUT2D eigenvalue weighted by molar-refractivity contribution is -0.137. The van der Waals surface area contributed by atoms with E-state index in [9.17, 15) is 18.0 Å². The number of halogens is 3. The smallest absolute Gasteiger partial charge is 0.416 e. The molecule has 3 aliphatic heterocycles. The molecule has 1 aromatic carbocycles. The van der Waals surface area contributed by atoms with Crippen molar-refractivity contribution >= 4 is 17.4 Å². The molecule has 2 saturated heterocycles. The number of likely N-dealkylation sites (tertiary alicyclic amines) is 1. The number of ether oxygens (including phenoxy) is 1. The molecule has 11 heteroatoms. The zero-order valence-electron chi connectivity index (χ0n) is 24.0. The van der Waals surface area contributed by atoms with Crippen molar-refractivity contribution < 1.29 is 22.7 Å². The molecule has 8 nitrogen and oxygen atoms in total. The van der Waals surface area contributed by atoms with E-state index in [1.165, 1.54) is 31.1 Å². The second-order valence-electron chi connectivity index (χ2n) is 11.7. The number of carbonyl (C=O) groups excluding carboxylic acids is 1. The van der Waals surface area contributed by atoms with Gasteiger partial charge >= 0.3 is 12.2 Å². The van der Waals surface area contributed by atoms with E-state index in [-0.39, 0.29) is 11.9 Å². The quantitative estimate of drug-likeness (QED) is 0.454. The van der Waals surface area contributed by atoms with Gasteiger partial charge in [0.15, 0.2) is 0 Å². The average molecular weight is 585 g/mol. The Labute approximate surface area is 245 Å². The number of anilines is 2. The molecule has 1 unspecified atom stereocenters. The SMILES string of the molecule is C=CC(=O)N1CCN(c2nc(OCCN3CCCC3)nc3c2CCC(N2CCCc4ccc(C(F)(F)F)cc42)C3)CC1. The topological polar surface area (TPSA) is 65.0 Å². The van der Waals surface area contributed by atoms with Crippen LogP contribution in [0.1, 0.15) is 48.1 Å². The van der Waals surface area contributed by atoms with Gasteiger partial charge in [-0.25, -0.2) is 0 Å². The molecule has 226 valence electrons. The molecular formula is C31H39F3N6O2. The van der Waals surface area contributed by atoms with Crippen LogP contribution >= 0.6 is 0 Å². The van der Waals surface area contributed by atoms with Crippen LogP contribution in [0.2, 0.25) is 0 Å². The highest BCUT2D eigenvalue weighted by Crippen LogP contribution is 2.39. The molecule has 1 aromatic heterocycles. The Hall–Kier alpha value is -3.34. The molecule has 6 rings (SSSR count). The van der Waals surface area contributed by atoms with E-state index in [1.54, 1.807) is 11.0 Å². The molecule has 0 N–H and O–H groups in total. The van der Waals surface area contributed by atoms with Crippen LogP contribution in [-0.2, 0) is 30.2 Å². The molecule has 1 aliphatic carbocycles. The van der Waals surface area contributed by atoms with Crippen LogP contribution in [0.3, 0.4) is 0 Å². The zero-order chi connectivity index (χ0) is 29.3. The van der Waals surface area contributed by atoms with Gasteiger partial charge in [-0.1, -0.05) is 12.6 Å². The molecule has 0 bridgehead atoms. The average Bonchev–Trinajstić information content (AvgIpc) is 3.52. The summed E-state index contributed by atoms with van der Waals surface area (Å²) in [6.45, 7) is 10.3. The number of piperazine rings is 1. The van der Waals surface area contributed by atoms with Crippen LogP contribution in [0, 0.1) is 0 Å². The monoisotopic (exact) mass is 584 g/mol. The standard InChI is InChI=1S/C31H39F3N6O2/c1-2-28(41)38-14-16-39(17-15-38)29-25-10-9-24(21-26(25)35-30(36-29)42-19-18-37-11-3-4-12-37)40-13-5-6-22-7-8-23(20-27(22)40)31(32,33)34/h2,7-8,20,24H,1,3-6,9-19,21H2. The fourth-order valence-corrected chi connectivity index (χ4v) is 6.85. The van der Waals surface area contributed by atoms with Gasteiger partial charge in [0, 0.05) is 63.0 Å². The second-order valence-corrected chi connectivity index (χ2v) is 11.7. The third kappa shape index (κ3) is 6.07. The number of fused-ring (bicyclic) bond motifs is 2.